The van der Waals surface area contributed by atoms with E-state index in [1.165, 1.54) is 0 Å². The Morgan fingerprint density at radius 1 is 1.33 bits per heavy atom. The molecule has 1 fully saturated rings. The minimum atomic E-state index is -1.44. The Bertz CT molecular complexity index is 312. The summed E-state index contributed by atoms with van der Waals surface area (Å²) in [5.74, 6) is -1.09. The summed E-state index contributed by atoms with van der Waals surface area (Å²) in [5, 5.41) is 0. The van der Waals surface area contributed by atoms with Gasteiger partial charge in [0, 0.05) is 14.2 Å². The van der Waals surface area contributed by atoms with Gasteiger partial charge in [0.1, 0.15) is 0 Å². The molecule has 0 amide bonds. The molecule has 1 rings (SSSR count). The van der Waals surface area contributed by atoms with Crippen molar-refractivity contribution in [1.29, 1.82) is 0 Å². The number of unbranched alkanes of at least 4 members (excludes halogenated alkanes) is 1. The van der Waals surface area contributed by atoms with Crippen LogP contribution in [0.1, 0.15) is 25.7 Å². The summed E-state index contributed by atoms with van der Waals surface area (Å²) in [6, 6.07) is 0.974. The van der Waals surface area contributed by atoms with E-state index in [0.717, 1.165) is 18.9 Å². The smallest absolute Gasteiger partial charge is 0.320 e. The van der Waals surface area contributed by atoms with Gasteiger partial charge in [0.2, 0.25) is 0 Å². The van der Waals surface area contributed by atoms with Crippen LogP contribution in [0.2, 0.25) is 6.04 Å². The van der Waals surface area contributed by atoms with Gasteiger partial charge in [-0.15, -0.1) is 0 Å². The molecule has 0 aliphatic carbocycles. The van der Waals surface area contributed by atoms with Crippen LogP contribution in [0.3, 0.4) is 0 Å². The van der Waals surface area contributed by atoms with Crippen molar-refractivity contribution in [2.45, 2.75) is 31.7 Å². The fourth-order valence-electron chi connectivity index (χ4n) is 1.81. The zero-order valence-corrected chi connectivity index (χ0v) is 12.0. The van der Waals surface area contributed by atoms with Crippen molar-refractivity contribution in [3.05, 3.63) is 12.2 Å². The zero-order valence-electron chi connectivity index (χ0n) is 10.9. The van der Waals surface area contributed by atoms with Crippen LogP contribution in [-0.2, 0) is 23.2 Å². The molecule has 0 bridgehead atoms. The van der Waals surface area contributed by atoms with Crippen molar-refractivity contribution >= 4 is 21.2 Å². The fraction of sp³-hybridized carbons (Fsp3) is 0.667. The van der Waals surface area contributed by atoms with Crippen LogP contribution in [0.25, 0.3) is 0 Å². The molecule has 1 saturated heterocycles. The molecule has 1 atom stereocenters. The van der Waals surface area contributed by atoms with E-state index in [0.29, 0.717) is 6.42 Å². The average Bonchev–Trinajstić information content (AvgIpc) is 2.67. The molecule has 0 saturated carbocycles. The minimum Gasteiger partial charge on any atom is -0.400 e. The van der Waals surface area contributed by atoms with Crippen LogP contribution in [0.4, 0.5) is 0 Å². The van der Waals surface area contributed by atoms with Crippen molar-refractivity contribution < 1.29 is 23.2 Å². The van der Waals surface area contributed by atoms with E-state index < -0.39 is 21.2 Å². The summed E-state index contributed by atoms with van der Waals surface area (Å²) in [6.07, 6.45) is 6.73. The summed E-state index contributed by atoms with van der Waals surface area (Å²) in [4.78, 5) is 22.0. The average molecular weight is 272 g/mol. The van der Waals surface area contributed by atoms with Gasteiger partial charge in [-0.25, -0.2) is 0 Å². The third-order valence-electron chi connectivity index (χ3n) is 2.88. The van der Waals surface area contributed by atoms with Gasteiger partial charge >= 0.3 is 21.2 Å². The molecule has 18 heavy (non-hydrogen) atoms. The summed E-state index contributed by atoms with van der Waals surface area (Å²) >= 11 is 0. The first kappa shape index (κ1) is 15.1. The first-order valence-electron chi connectivity index (χ1n) is 6.12. The lowest BCUT2D eigenvalue weighted by Crippen LogP contribution is -2.18. The predicted molar refractivity (Wildman–Crippen MR) is 68.2 cm³/mol. The van der Waals surface area contributed by atoms with Crippen LogP contribution >= 0.6 is 0 Å². The van der Waals surface area contributed by atoms with Crippen molar-refractivity contribution in [3.8, 4) is 0 Å². The second-order valence-electron chi connectivity index (χ2n) is 4.23. The molecular weight excluding hydrogens is 252 g/mol. The summed E-state index contributed by atoms with van der Waals surface area (Å²) in [6.45, 7) is 0. The van der Waals surface area contributed by atoms with Crippen molar-refractivity contribution in [1.82, 2.24) is 0 Å². The third-order valence-corrected chi connectivity index (χ3v) is 4.82. The van der Waals surface area contributed by atoms with Gasteiger partial charge in [-0.1, -0.05) is 12.2 Å². The number of carbonyl (C=O) groups excluding carboxylic acids is 2. The normalized spacial score (nSPS) is 20.1. The number of rotatable bonds is 8. The second kappa shape index (κ2) is 8.18. The maximum Gasteiger partial charge on any atom is 0.320 e. The number of hydrogen-bond acceptors (Lipinski definition) is 5. The molecule has 0 N–H and O–H groups in total. The summed E-state index contributed by atoms with van der Waals surface area (Å²) in [7, 11) is 1.92. The van der Waals surface area contributed by atoms with Crippen LogP contribution in [-0.4, -0.2) is 35.4 Å². The first-order chi connectivity index (χ1) is 8.67. The van der Waals surface area contributed by atoms with E-state index in [2.05, 4.69) is 4.74 Å². The van der Waals surface area contributed by atoms with Gasteiger partial charge in [0.25, 0.3) is 0 Å². The topological polar surface area (TPSA) is 61.8 Å². The molecule has 0 aromatic carbocycles. The Morgan fingerprint density at radius 3 is 2.61 bits per heavy atom. The quantitative estimate of drug-likeness (QED) is 0.219. The van der Waals surface area contributed by atoms with E-state index >= 15 is 0 Å². The second-order valence-corrected chi connectivity index (χ2v) is 6.61. The molecule has 6 heteroatoms. The highest BCUT2D eigenvalue weighted by Crippen LogP contribution is 2.19. The van der Waals surface area contributed by atoms with E-state index in [4.69, 9.17) is 8.85 Å². The third kappa shape index (κ3) is 5.12. The lowest BCUT2D eigenvalue weighted by Gasteiger charge is -2.09. The lowest BCUT2D eigenvalue weighted by atomic mass is 10.0. The Kier molecular flexibility index (Phi) is 6.85. The Balaban J connectivity index is 2.11. The van der Waals surface area contributed by atoms with E-state index in [1.54, 1.807) is 14.2 Å². The van der Waals surface area contributed by atoms with Gasteiger partial charge in [-0.2, -0.15) is 0 Å². The van der Waals surface area contributed by atoms with Gasteiger partial charge in [0.05, 0.1) is 12.3 Å². The Morgan fingerprint density at radius 2 is 2.06 bits per heavy atom. The molecule has 0 aromatic heterocycles. The summed E-state index contributed by atoms with van der Waals surface area (Å²) < 4.78 is 14.9. The number of allylic oxidation sites excluding steroid dienone is 2. The summed E-state index contributed by atoms with van der Waals surface area (Å²) in [5.41, 5.74) is 0. The molecular formula is C12H20O5Si. The number of esters is 2. The minimum absolute atomic E-state index is 0.214. The molecule has 5 nitrogen and oxygen atoms in total. The highest BCUT2D eigenvalue weighted by Gasteiger charge is 2.31. The maximum absolute atomic E-state index is 11.2. The van der Waals surface area contributed by atoms with Crippen LogP contribution < -0.4 is 0 Å². The van der Waals surface area contributed by atoms with E-state index in [1.807, 2.05) is 12.2 Å². The molecule has 0 aromatic rings. The number of hydrogen-bond donors (Lipinski definition) is 0. The molecule has 0 radical (unpaired) electrons. The maximum atomic E-state index is 11.2. The number of cyclic esters (lactones) is 2. The van der Waals surface area contributed by atoms with Crippen molar-refractivity contribution in [3.63, 3.8) is 0 Å². The number of ether oxygens (including phenoxy) is 1. The first-order valence-corrected chi connectivity index (χ1v) is 7.88. The van der Waals surface area contributed by atoms with Gasteiger partial charge in [0.15, 0.2) is 0 Å². The Labute approximate surface area is 109 Å². The monoisotopic (exact) mass is 272 g/mol. The van der Waals surface area contributed by atoms with Crippen molar-refractivity contribution in [2.24, 2.45) is 5.92 Å². The van der Waals surface area contributed by atoms with Crippen LogP contribution in [0, 0.1) is 5.92 Å². The highest BCUT2D eigenvalue weighted by atomic mass is 28.3. The van der Waals surface area contributed by atoms with Gasteiger partial charge in [-0.3, -0.25) is 9.59 Å². The standard InChI is InChI=1S/C12H20O5Si/c1-15-18(16-2)8-6-4-3-5-7-10-9-11(13)17-12(10)14/h3,5,10,18H,4,6-9H2,1-2H3/b5-3+. The van der Waals surface area contributed by atoms with Crippen molar-refractivity contribution in [2.75, 3.05) is 14.2 Å². The molecule has 1 unspecified atom stereocenters. The van der Waals surface area contributed by atoms with E-state index in [9.17, 15) is 9.59 Å². The van der Waals surface area contributed by atoms with Gasteiger partial charge in [-0.05, 0) is 25.3 Å². The molecule has 1 aliphatic rings. The van der Waals surface area contributed by atoms with Crippen LogP contribution in [0.15, 0.2) is 12.2 Å². The molecule has 1 aliphatic heterocycles. The lowest BCUT2D eigenvalue weighted by molar-refractivity contribution is -0.153. The zero-order chi connectivity index (χ0) is 13.4. The largest absolute Gasteiger partial charge is 0.400 e. The number of carbonyl (C=O) groups is 2. The highest BCUT2D eigenvalue weighted by molar-refractivity contribution is 6.44. The van der Waals surface area contributed by atoms with Crippen LogP contribution in [0.5, 0.6) is 0 Å². The molecule has 1 heterocycles. The fourth-order valence-corrected chi connectivity index (χ4v) is 3.05. The molecule has 0 spiro atoms. The predicted octanol–water partition coefficient (Wildman–Crippen LogP) is 1.32. The van der Waals surface area contributed by atoms with E-state index in [-0.39, 0.29) is 12.3 Å². The SMILES string of the molecule is CO[SiH](CCC/C=C/CC1CC(=O)OC1=O)OC. The molecule has 102 valence electrons. The Hall–Kier alpha value is -0.983. The van der Waals surface area contributed by atoms with Gasteiger partial charge < -0.3 is 13.6 Å².